The lowest BCUT2D eigenvalue weighted by molar-refractivity contribution is 0.0961. The third-order valence-corrected chi connectivity index (χ3v) is 7.36. The van der Waals surface area contributed by atoms with Crippen LogP contribution in [0.15, 0.2) is 71.5 Å². The zero-order chi connectivity index (χ0) is 29.5. The minimum Gasteiger partial charge on any atom is -0.496 e. The minimum absolute atomic E-state index is 0.00964. The van der Waals surface area contributed by atoms with Gasteiger partial charge in [0.1, 0.15) is 40.9 Å². The quantitative estimate of drug-likeness (QED) is 0.247. The van der Waals surface area contributed by atoms with Crippen molar-refractivity contribution in [1.29, 1.82) is 0 Å². The molecule has 1 aliphatic carbocycles. The van der Waals surface area contributed by atoms with Gasteiger partial charge in [-0.1, -0.05) is 0 Å². The Morgan fingerprint density at radius 3 is 2.45 bits per heavy atom. The largest absolute Gasteiger partial charge is 0.496 e. The predicted octanol–water partition coefficient (Wildman–Crippen LogP) is 6.32. The number of hydrogen-bond acceptors (Lipinski definition) is 6. The van der Waals surface area contributed by atoms with Crippen LogP contribution in [0, 0.1) is 18.6 Å². The third kappa shape index (κ3) is 4.64. The first-order valence-electron chi connectivity index (χ1n) is 13.3. The van der Waals surface area contributed by atoms with Crippen LogP contribution in [0.2, 0.25) is 0 Å². The smallest absolute Gasteiger partial charge is 0.263 e. The Kier molecular flexibility index (Phi) is 6.89. The first-order valence-corrected chi connectivity index (χ1v) is 13.3. The van der Waals surface area contributed by atoms with Gasteiger partial charge in [0.2, 0.25) is 0 Å². The normalized spacial score (nSPS) is 12.8. The molecule has 8 nitrogen and oxygen atoms in total. The number of aryl methyl sites for hydroxylation is 1. The van der Waals surface area contributed by atoms with Gasteiger partial charge in [0.25, 0.3) is 11.8 Å². The number of fused-ring (bicyclic) bond motifs is 1. The summed E-state index contributed by atoms with van der Waals surface area (Å²) in [7, 11) is 2.91. The van der Waals surface area contributed by atoms with Gasteiger partial charge in [0.15, 0.2) is 0 Å². The lowest BCUT2D eigenvalue weighted by Crippen LogP contribution is -2.34. The molecule has 0 radical (unpaired) electrons. The van der Waals surface area contributed by atoms with Crippen LogP contribution in [-0.4, -0.2) is 42.0 Å². The summed E-state index contributed by atoms with van der Waals surface area (Å²) in [6.07, 6.45) is 4.63. The van der Waals surface area contributed by atoms with Crippen molar-refractivity contribution in [2.24, 2.45) is 0 Å². The Labute approximate surface area is 240 Å². The maximum atomic E-state index is 16.5. The number of nitrogens with one attached hydrogen (secondary N) is 1. The third-order valence-electron chi connectivity index (χ3n) is 7.36. The van der Waals surface area contributed by atoms with Crippen LogP contribution in [0.4, 0.5) is 14.6 Å². The van der Waals surface area contributed by atoms with Crippen LogP contribution < -0.4 is 15.0 Å². The number of rotatable bonds is 7. The number of amides is 2. The van der Waals surface area contributed by atoms with Gasteiger partial charge < -0.3 is 14.5 Å². The number of benzene rings is 3. The predicted molar refractivity (Wildman–Crippen MR) is 154 cm³/mol. The number of aromatic nitrogens is 2. The van der Waals surface area contributed by atoms with E-state index in [1.807, 2.05) is 0 Å². The van der Waals surface area contributed by atoms with Crippen molar-refractivity contribution < 1.29 is 27.5 Å². The van der Waals surface area contributed by atoms with Crippen molar-refractivity contribution in [3.8, 4) is 28.2 Å². The summed E-state index contributed by atoms with van der Waals surface area (Å²) in [6.45, 7) is 1.79. The van der Waals surface area contributed by atoms with Crippen molar-refractivity contribution in [3.63, 3.8) is 0 Å². The van der Waals surface area contributed by atoms with Crippen molar-refractivity contribution in [2.75, 3.05) is 19.1 Å². The van der Waals surface area contributed by atoms with Crippen molar-refractivity contribution in [3.05, 3.63) is 95.4 Å². The van der Waals surface area contributed by atoms with E-state index in [4.69, 9.17) is 9.15 Å². The van der Waals surface area contributed by atoms with Gasteiger partial charge in [-0.3, -0.25) is 14.5 Å². The van der Waals surface area contributed by atoms with Crippen LogP contribution in [0.3, 0.4) is 0 Å². The topological polar surface area (TPSA) is 97.6 Å². The highest BCUT2D eigenvalue weighted by Crippen LogP contribution is 2.41. The summed E-state index contributed by atoms with van der Waals surface area (Å²) >= 11 is 0. The van der Waals surface area contributed by atoms with Crippen LogP contribution >= 0.6 is 0 Å². The summed E-state index contributed by atoms with van der Waals surface area (Å²) in [4.78, 5) is 36.8. The maximum Gasteiger partial charge on any atom is 0.263 e. The average molecular weight is 569 g/mol. The number of anilines is 1. The van der Waals surface area contributed by atoms with Gasteiger partial charge >= 0.3 is 0 Å². The second kappa shape index (κ2) is 10.7. The highest BCUT2D eigenvalue weighted by molar-refractivity contribution is 6.12. The highest BCUT2D eigenvalue weighted by atomic mass is 19.1. The van der Waals surface area contributed by atoms with Gasteiger partial charge in [-0.05, 0) is 85.5 Å². The molecule has 1 saturated carbocycles. The molecule has 1 N–H and O–H groups in total. The standard InChI is InChI=1S/C32H26F2N4O4/c1-17-14-25(41-3)23(32(40)38(20-8-9-20)26-12-13-36-16-37-26)15-22(17)21-10-11-24-27(29(21)34)28(31(39)35-2)30(42-24)18-4-6-19(33)7-5-18/h4-7,10-16,20H,8-9H2,1-3H3,(H,35,39). The van der Waals surface area contributed by atoms with Crippen LogP contribution in [-0.2, 0) is 0 Å². The lowest BCUT2D eigenvalue weighted by atomic mass is 9.94. The monoisotopic (exact) mass is 568 g/mol. The molecule has 0 spiro atoms. The fraction of sp³-hybridized carbons (Fsp3) is 0.188. The number of halogens is 2. The summed E-state index contributed by atoms with van der Waals surface area (Å²) in [5, 5.41) is 2.53. The molecule has 0 unspecified atom stereocenters. The molecular weight excluding hydrogens is 542 g/mol. The molecule has 212 valence electrons. The first kappa shape index (κ1) is 27.1. The molecular formula is C32H26F2N4O4. The van der Waals surface area contributed by atoms with Gasteiger partial charge in [-0.2, -0.15) is 0 Å². The minimum atomic E-state index is -0.690. The fourth-order valence-corrected chi connectivity index (χ4v) is 5.16. The number of nitrogens with zero attached hydrogens (tertiary/aromatic N) is 3. The van der Waals surface area contributed by atoms with Crippen LogP contribution in [0.25, 0.3) is 33.4 Å². The summed E-state index contributed by atoms with van der Waals surface area (Å²) < 4.78 is 41.6. The number of carbonyl (C=O) groups excluding carboxylic acids is 2. The van der Waals surface area contributed by atoms with Crippen molar-refractivity contribution in [1.82, 2.24) is 15.3 Å². The molecule has 1 aliphatic rings. The molecule has 0 saturated heterocycles. The van der Waals surface area contributed by atoms with Gasteiger partial charge in [-0.15, -0.1) is 0 Å². The summed E-state index contributed by atoms with van der Waals surface area (Å²) in [5.41, 5.74) is 2.09. The second-order valence-corrected chi connectivity index (χ2v) is 10.0. The highest BCUT2D eigenvalue weighted by Gasteiger charge is 2.36. The van der Waals surface area contributed by atoms with Gasteiger partial charge in [0, 0.05) is 30.4 Å². The zero-order valence-corrected chi connectivity index (χ0v) is 23.1. The van der Waals surface area contributed by atoms with Gasteiger partial charge in [0.05, 0.1) is 23.6 Å². The summed E-state index contributed by atoms with van der Waals surface area (Å²) in [6, 6.07) is 13.5. The Morgan fingerprint density at radius 2 is 1.81 bits per heavy atom. The number of hydrogen-bond donors (Lipinski definition) is 1. The number of ether oxygens (including phenoxy) is 1. The molecule has 2 amide bonds. The van der Waals surface area contributed by atoms with Crippen LogP contribution in [0.1, 0.15) is 39.1 Å². The molecule has 2 heterocycles. The molecule has 42 heavy (non-hydrogen) atoms. The van der Waals surface area contributed by atoms with E-state index in [0.29, 0.717) is 28.3 Å². The van der Waals surface area contributed by atoms with E-state index in [9.17, 15) is 14.0 Å². The van der Waals surface area contributed by atoms with E-state index in [0.717, 1.165) is 12.8 Å². The molecule has 0 atom stereocenters. The van der Waals surface area contributed by atoms with E-state index in [1.54, 1.807) is 48.4 Å². The van der Waals surface area contributed by atoms with E-state index < -0.39 is 17.5 Å². The average Bonchev–Trinajstić information content (AvgIpc) is 3.76. The molecule has 3 aromatic carbocycles. The molecule has 0 aliphatic heterocycles. The first-order chi connectivity index (χ1) is 20.3. The molecule has 0 bridgehead atoms. The van der Waals surface area contributed by atoms with Crippen molar-refractivity contribution in [2.45, 2.75) is 25.8 Å². The van der Waals surface area contributed by atoms with Crippen LogP contribution in [0.5, 0.6) is 5.75 Å². The number of methoxy groups -OCH3 is 1. The Morgan fingerprint density at radius 1 is 1.05 bits per heavy atom. The molecule has 2 aromatic heterocycles. The summed E-state index contributed by atoms with van der Waals surface area (Å²) in [5.74, 6) is -1.10. The second-order valence-electron chi connectivity index (χ2n) is 10.0. The van der Waals surface area contributed by atoms with E-state index in [1.165, 1.54) is 44.8 Å². The Hall–Kier alpha value is -5.12. The molecule has 6 rings (SSSR count). The lowest BCUT2D eigenvalue weighted by Gasteiger charge is -2.23. The zero-order valence-electron chi connectivity index (χ0n) is 23.1. The van der Waals surface area contributed by atoms with Crippen molar-refractivity contribution >= 4 is 28.6 Å². The Balaban J connectivity index is 1.52. The molecule has 1 fully saturated rings. The number of carbonyl (C=O) groups is 2. The SMILES string of the molecule is CNC(=O)c1c(-c2ccc(F)cc2)oc2ccc(-c3cc(C(=O)N(c4ccncn4)C4CC4)c(OC)cc3C)c(F)c12. The fourth-order valence-electron chi connectivity index (χ4n) is 5.16. The van der Waals surface area contributed by atoms with Gasteiger partial charge in [-0.25, -0.2) is 18.7 Å². The molecule has 10 heteroatoms. The van der Waals surface area contributed by atoms with E-state index in [2.05, 4.69) is 15.3 Å². The number of furan rings is 1. The van der Waals surface area contributed by atoms with E-state index in [-0.39, 0.29) is 45.4 Å². The molecule has 5 aromatic rings. The van der Waals surface area contributed by atoms with E-state index >= 15 is 4.39 Å². The maximum absolute atomic E-state index is 16.5. The Bertz CT molecular complexity index is 1830.